The third kappa shape index (κ3) is 2.93. The standard InChI is InChI=1S/C17H27NO2/c1-5-11-19-13-7-9-14(10-8-13)20-16-12-15(18-4)17(16,3)6-2/h7-10,15-16,18H,5-6,11-12H2,1-4H3. The highest BCUT2D eigenvalue weighted by Gasteiger charge is 2.51. The number of benzene rings is 1. The van der Waals surface area contributed by atoms with Crippen molar-refractivity contribution in [2.75, 3.05) is 13.7 Å². The van der Waals surface area contributed by atoms with E-state index in [0.717, 1.165) is 37.4 Å². The van der Waals surface area contributed by atoms with Crippen molar-refractivity contribution < 1.29 is 9.47 Å². The van der Waals surface area contributed by atoms with Gasteiger partial charge in [0.1, 0.15) is 17.6 Å². The molecule has 1 saturated carbocycles. The Bertz CT molecular complexity index is 418. The fraction of sp³-hybridized carbons (Fsp3) is 0.647. The highest BCUT2D eigenvalue weighted by atomic mass is 16.5. The number of hydrogen-bond acceptors (Lipinski definition) is 3. The van der Waals surface area contributed by atoms with E-state index in [9.17, 15) is 0 Å². The van der Waals surface area contributed by atoms with Crippen molar-refractivity contribution in [3.63, 3.8) is 0 Å². The van der Waals surface area contributed by atoms with E-state index in [1.807, 2.05) is 31.3 Å². The van der Waals surface area contributed by atoms with Crippen LogP contribution in [0.3, 0.4) is 0 Å². The van der Waals surface area contributed by atoms with Gasteiger partial charge in [-0.05, 0) is 44.2 Å². The van der Waals surface area contributed by atoms with Crippen LogP contribution in [0.4, 0.5) is 0 Å². The fourth-order valence-electron chi connectivity index (χ4n) is 2.92. The molecule has 0 heterocycles. The summed E-state index contributed by atoms with van der Waals surface area (Å²) in [6.07, 6.45) is 3.53. The zero-order valence-corrected chi connectivity index (χ0v) is 13.1. The zero-order valence-electron chi connectivity index (χ0n) is 13.1. The minimum Gasteiger partial charge on any atom is -0.494 e. The van der Waals surface area contributed by atoms with Crippen LogP contribution >= 0.6 is 0 Å². The Labute approximate surface area is 122 Å². The van der Waals surface area contributed by atoms with E-state index >= 15 is 0 Å². The first kappa shape index (κ1) is 15.2. The van der Waals surface area contributed by atoms with Gasteiger partial charge in [0.15, 0.2) is 0 Å². The van der Waals surface area contributed by atoms with Crippen LogP contribution in [0.5, 0.6) is 11.5 Å². The summed E-state index contributed by atoms with van der Waals surface area (Å²) in [6, 6.07) is 8.55. The zero-order chi connectivity index (χ0) is 14.6. The van der Waals surface area contributed by atoms with Gasteiger partial charge in [0, 0.05) is 17.9 Å². The molecule has 3 heteroatoms. The molecule has 0 spiro atoms. The van der Waals surface area contributed by atoms with Crippen molar-refractivity contribution in [2.45, 2.75) is 52.2 Å². The van der Waals surface area contributed by atoms with E-state index in [1.54, 1.807) is 0 Å². The van der Waals surface area contributed by atoms with Gasteiger partial charge in [0.25, 0.3) is 0 Å². The first-order valence-corrected chi connectivity index (χ1v) is 7.70. The number of ether oxygens (including phenoxy) is 2. The lowest BCUT2D eigenvalue weighted by molar-refractivity contribution is -0.0677. The van der Waals surface area contributed by atoms with Crippen LogP contribution in [-0.4, -0.2) is 25.8 Å². The molecule has 0 aromatic heterocycles. The van der Waals surface area contributed by atoms with Crippen LogP contribution in [0, 0.1) is 5.41 Å². The van der Waals surface area contributed by atoms with Crippen LogP contribution in [-0.2, 0) is 0 Å². The summed E-state index contributed by atoms with van der Waals surface area (Å²) in [4.78, 5) is 0. The molecule has 1 fully saturated rings. The first-order valence-electron chi connectivity index (χ1n) is 7.70. The maximum Gasteiger partial charge on any atom is 0.120 e. The average molecular weight is 277 g/mol. The molecule has 3 atom stereocenters. The second-order valence-corrected chi connectivity index (χ2v) is 5.86. The second kappa shape index (κ2) is 6.49. The average Bonchev–Trinajstić information content (AvgIpc) is 2.49. The van der Waals surface area contributed by atoms with Crippen molar-refractivity contribution in [3.8, 4) is 11.5 Å². The fourth-order valence-corrected chi connectivity index (χ4v) is 2.92. The monoisotopic (exact) mass is 277 g/mol. The molecule has 0 bridgehead atoms. The van der Waals surface area contributed by atoms with E-state index in [1.165, 1.54) is 0 Å². The molecule has 3 nitrogen and oxygen atoms in total. The number of nitrogens with one attached hydrogen (secondary N) is 1. The Morgan fingerprint density at radius 1 is 1.20 bits per heavy atom. The summed E-state index contributed by atoms with van der Waals surface area (Å²) < 4.78 is 11.7. The van der Waals surface area contributed by atoms with Gasteiger partial charge in [-0.25, -0.2) is 0 Å². The first-order chi connectivity index (χ1) is 9.63. The molecule has 1 aliphatic rings. The molecular weight excluding hydrogens is 250 g/mol. The molecule has 3 unspecified atom stereocenters. The summed E-state index contributed by atoms with van der Waals surface area (Å²) in [6.45, 7) is 7.42. The molecule has 0 saturated heterocycles. The molecule has 1 aromatic carbocycles. The molecule has 0 amide bonds. The van der Waals surface area contributed by atoms with Gasteiger partial charge in [-0.2, -0.15) is 0 Å². The highest BCUT2D eigenvalue weighted by molar-refractivity contribution is 5.32. The van der Waals surface area contributed by atoms with E-state index < -0.39 is 0 Å². The van der Waals surface area contributed by atoms with E-state index in [0.29, 0.717) is 12.1 Å². The summed E-state index contributed by atoms with van der Waals surface area (Å²) >= 11 is 0. The van der Waals surface area contributed by atoms with Crippen molar-refractivity contribution in [2.24, 2.45) is 5.41 Å². The SMILES string of the molecule is CCCOc1ccc(OC2CC(NC)C2(C)CC)cc1. The van der Waals surface area contributed by atoms with Gasteiger partial charge in [-0.3, -0.25) is 0 Å². The predicted molar refractivity (Wildman–Crippen MR) is 82.5 cm³/mol. The van der Waals surface area contributed by atoms with Gasteiger partial charge in [-0.15, -0.1) is 0 Å². The minimum atomic E-state index is 0.228. The van der Waals surface area contributed by atoms with E-state index in [4.69, 9.17) is 9.47 Å². The normalized spacial score (nSPS) is 28.8. The van der Waals surface area contributed by atoms with Gasteiger partial charge in [-0.1, -0.05) is 20.8 Å². The van der Waals surface area contributed by atoms with Gasteiger partial charge >= 0.3 is 0 Å². The lowest BCUT2D eigenvalue weighted by Gasteiger charge is -2.53. The summed E-state index contributed by atoms with van der Waals surface area (Å²) in [7, 11) is 2.04. The van der Waals surface area contributed by atoms with Gasteiger partial charge < -0.3 is 14.8 Å². The predicted octanol–water partition coefficient (Wildman–Crippen LogP) is 3.63. The minimum absolute atomic E-state index is 0.228. The lowest BCUT2D eigenvalue weighted by Crippen LogP contribution is -2.62. The Balaban J connectivity index is 1.94. The maximum absolute atomic E-state index is 6.15. The largest absolute Gasteiger partial charge is 0.494 e. The molecule has 0 radical (unpaired) electrons. The summed E-state index contributed by atoms with van der Waals surface area (Å²) in [5, 5.41) is 3.39. The molecule has 1 aromatic rings. The van der Waals surface area contributed by atoms with Crippen molar-refractivity contribution in [3.05, 3.63) is 24.3 Å². The topological polar surface area (TPSA) is 30.5 Å². The molecule has 2 rings (SSSR count). The van der Waals surface area contributed by atoms with E-state index in [-0.39, 0.29) is 5.41 Å². The summed E-state index contributed by atoms with van der Waals surface area (Å²) in [5.41, 5.74) is 0.228. The van der Waals surface area contributed by atoms with Crippen LogP contribution in [0.2, 0.25) is 0 Å². The van der Waals surface area contributed by atoms with Crippen LogP contribution in [0.25, 0.3) is 0 Å². The smallest absolute Gasteiger partial charge is 0.120 e. The van der Waals surface area contributed by atoms with Crippen LogP contribution in [0.1, 0.15) is 40.0 Å². The molecular formula is C17H27NO2. The number of hydrogen-bond donors (Lipinski definition) is 1. The molecule has 0 aliphatic heterocycles. The highest BCUT2D eigenvalue weighted by Crippen LogP contribution is 2.45. The molecule has 20 heavy (non-hydrogen) atoms. The Kier molecular flexibility index (Phi) is 4.92. The van der Waals surface area contributed by atoms with Crippen LogP contribution < -0.4 is 14.8 Å². The van der Waals surface area contributed by atoms with Crippen molar-refractivity contribution >= 4 is 0 Å². The van der Waals surface area contributed by atoms with Gasteiger partial charge in [0.05, 0.1) is 6.61 Å². The maximum atomic E-state index is 6.15. The molecule has 112 valence electrons. The molecule has 1 N–H and O–H groups in total. The quantitative estimate of drug-likeness (QED) is 0.825. The van der Waals surface area contributed by atoms with E-state index in [2.05, 4.69) is 26.1 Å². The third-order valence-corrected chi connectivity index (χ3v) is 4.67. The Morgan fingerprint density at radius 3 is 2.40 bits per heavy atom. The van der Waals surface area contributed by atoms with Crippen molar-refractivity contribution in [1.29, 1.82) is 0 Å². The van der Waals surface area contributed by atoms with Gasteiger partial charge in [0.2, 0.25) is 0 Å². The lowest BCUT2D eigenvalue weighted by atomic mass is 9.61. The Hall–Kier alpha value is -1.22. The number of rotatable bonds is 7. The second-order valence-electron chi connectivity index (χ2n) is 5.86. The third-order valence-electron chi connectivity index (χ3n) is 4.67. The summed E-state index contributed by atoms with van der Waals surface area (Å²) in [5.74, 6) is 1.85. The van der Waals surface area contributed by atoms with Crippen molar-refractivity contribution in [1.82, 2.24) is 5.32 Å². The molecule has 1 aliphatic carbocycles. The van der Waals surface area contributed by atoms with Crippen LogP contribution in [0.15, 0.2) is 24.3 Å². The Morgan fingerprint density at radius 2 is 1.85 bits per heavy atom.